The van der Waals surface area contributed by atoms with E-state index in [1.54, 1.807) is 6.92 Å². The van der Waals surface area contributed by atoms with Crippen molar-refractivity contribution in [2.45, 2.75) is 49.5 Å². The van der Waals surface area contributed by atoms with Crippen LogP contribution in [0, 0.1) is 23.7 Å². The van der Waals surface area contributed by atoms with Gasteiger partial charge in [0.2, 0.25) is 10.0 Å². The maximum atomic E-state index is 13.7. The third-order valence-corrected chi connectivity index (χ3v) is 9.47. The molecule has 1 N–H and O–H groups in total. The molecule has 0 spiro atoms. The van der Waals surface area contributed by atoms with Crippen LogP contribution in [0.5, 0.6) is 0 Å². The molecule has 1 saturated heterocycles. The second-order valence-electron chi connectivity index (χ2n) is 8.65. The van der Waals surface area contributed by atoms with Crippen molar-refractivity contribution in [2.24, 2.45) is 23.7 Å². The molecular formula is C20H23Cl2NO5S. The van der Waals surface area contributed by atoms with Crippen molar-refractivity contribution in [1.82, 2.24) is 4.31 Å². The molecule has 158 valence electrons. The van der Waals surface area contributed by atoms with Crippen LogP contribution in [0.2, 0.25) is 10.0 Å². The topological polar surface area (TPSA) is 91.8 Å². The van der Waals surface area contributed by atoms with Gasteiger partial charge >= 0.3 is 5.97 Å². The highest BCUT2D eigenvalue weighted by Crippen LogP contribution is 2.55. The van der Waals surface area contributed by atoms with Crippen LogP contribution < -0.4 is 0 Å². The van der Waals surface area contributed by atoms with E-state index in [1.165, 1.54) is 22.5 Å². The van der Waals surface area contributed by atoms with Crippen LogP contribution in [-0.4, -0.2) is 41.7 Å². The molecule has 1 aromatic carbocycles. The maximum Gasteiger partial charge on any atom is 0.307 e. The zero-order valence-electron chi connectivity index (χ0n) is 16.0. The molecule has 1 aliphatic heterocycles. The quantitative estimate of drug-likeness (QED) is 0.721. The summed E-state index contributed by atoms with van der Waals surface area (Å²) in [5.74, 6) is -2.53. The number of benzene rings is 1. The number of carbonyl (C=O) groups is 2. The van der Waals surface area contributed by atoms with Gasteiger partial charge in [0.15, 0.2) is 5.78 Å². The molecule has 4 rings (SSSR count). The Morgan fingerprint density at radius 1 is 1.10 bits per heavy atom. The zero-order chi connectivity index (χ0) is 21.1. The summed E-state index contributed by atoms with van der Waals surface area (Å²) in [5.41, 5.74) is -1.27. The minimum atomic E-state index is -4.02. The fourth-order valence-electron chi connectivity index (χ4n) is 5.76. The van der Waals surface area contributed by atoms with Gasteiger partial charge in [0.25, 0.3) is 0 Å². The Kier molecular flexibility index (Phi) is 5.25. The first kappa shape index (κ1) is 21.1. The highest BCUT2D eigenvalue weighted by Gasteiger charge is 2.60. The fourth-order valence-corrected chi connectivity index (χ4v) is 8.30. The molecule has 1 aromatic rings. The number of rotatable bonds is 5. The standard InChI is InChI=1S/C20H23Cl2NO5S/c1-20(18(24)16-11-3-4-12(7-11)17(16)19(25)26)5-2-6-23(20)29(27,28)15-9-13(21)8-14(22)10-15/h8-12,16-17H,2-7H2,1H3,(H,25,26)/t11?,12?,16?,17?,20-/m0/s1. The molecule has 6 nitrogen and oxygen atoms in total. The molecule has 0 amide bonds. The summed E-state index contributed by atoms with van der Waals surface area (Å²) in [6, 6.07) is 4.09. The van der Waals surface area contributed by atoms with Crippen LogP contribution in [-0.2, 0) is 19.6 Å². The van der Waals surface area contributed by atoms with E-state index >= 15 is 0 Å². The summed E-state index contributed by atoms with van der Waals surface area (Å²) in [6.07, 6.45) is 3.30. The first-order valence-corrected chi connectivity index (χ1v) is 12.0. The number of carboxylic acid groups (broad SMARTS) is 1. The molecule has 0 aromatic heterocycles. The van der Waals surface area contributed by atoms with Crippen LogP contribution in [0.3, 0.4) is 0 Å². The molecule has 3 fully saturated rings. The number of hydrogen-bond donors (Lipinski definition) is 1. The van der Waals surface area contributed by atoms with Crippen LogP contribution in [0.4, 0.5) is 0 Å². The summed E-state index contributed by atoms with van der Waals surface area (Å²) in [4.78, 5) is 25.5. The predicted molar refractivity (Wildman–Crippen MR) is 108 cm³/mol. The van der Waals surface area contributed by atoms with Gasteiger partial charge in [-0.05, 0) is 69.1 Å². The lowest BCUT2D eigenvalue weighted by atomic mass is 9.72. The molecule has 4 unspecified atom stereocenters. The summed E-state index contributed by atoms with van der Waals surface area (Å²) in [5, 5.41) is 10.1. The van der Waals surface area contributed by atoms with Gasteiger partial charge in [-0.2, -0.15) is 4.31 Å². The van der Waals surface area contributed by atoms with Gasteiger partial charge in [0.1, 0.15) is 0 Å². The number of carboxylic acids is 1. The van der Waals surface area contributed by atoms with Gasteiger partial charge in [-0.3, -0.25) is 9.59 Å². The lowest BCUT2D eigenvalue weighted by molar-refractivity contribution is -0.151. The Morgan fingerprint density at radius 3 is 2.28 bits per heavy atom. The Hall–Kier alpha value is -1.15. The SMILES string of the molecule is C[C@@]1(C(=O)C2C3CCC(C3)C2C(=O)O)CCCN1S(=O)(=O)c1cc(Cl)cc(Cl)c1. The molecule has 9 heteroatoms. The van der Waals surface area contributed by atoms with Crippen molar-refractivity contribution in [2.75, 3.05) is 6.54 Å². The van der Waals surface area contributed by atoms with Crippen molar-refractivity contribution in [1.29, 1.82) is 0 Å². The largest absolute Gasteiger partial charge is 0.481 e. The Labute approximate surface area is 180 Å². The molecule has 2 aliphatic carbocycles. The molecule has 1 heterocycles. The predicted octanol–water partition coefficient (Wildman–Crippen LogP) is 3.85. The minimum absolute atomic E-state index is 0.00764. The first-order valence-electron chi connectivity index (χ1n) is 9.82. The zero-order valence-corrected chi connectivity index (χ0v) is 18.3. The summed E-state index contributed by atoms with van der Waals surface area (Å²) >= 11 is 12.0. The first-order chi connectivity index (χ1) is 13.6. The lowest BCUT2D eigenvalue weighted by Gasteiger charge is -2.38. The van der Waals surface area contributed by atoms with E-state index < -0.39 is 33.4 Å². The third-order valence-electron chi connectivity index (χ3n) is 7.03. The molecular weight excluding hydrogens is 437 g/mol. The van der Waals surface area contributed by atoms with Gasteiger partial charge in [-0.15, -0.1) is 0 Å². The van der Waals surface area contributed by atoms with Crippen molar-refractivity contribution in [3.63, 3.8) is 0 Å². The lowest BCUT2D eigenvalue weighted by Crippen LogP contribution is -2.55. The minimum Gasteiger partial charge on any atom is -0.481 e. The highest BCUT2D eigenvalue weighted by molar-refractivity contribution is 7.89. The van der Waals surface area contributed by atoms with Gasteiger partial charge in [-0.25, -0.2) is 8.42 Å². The second-order valence-corrected chi connectivity index (χ2v) is 11.4. The number of aliphatic carboxylic acids is 1. The highest BCUT2D eigenvalue weighted by atomic mass is 35.5. The molecule has 0 radical (unpaired) electrons. The van der Waals surface area contributed by atoms with E-state index in [9.17, 15) is 23.1 Å². The normalized spacial score (nSPS) is 34.6. The third kappa shape index (κ3) is 3.30. The summed E-state index contributed by atoms with van der Waals surface area (Å²) in [7, 11) is -4.02. The number of nitrogens with zero attached hydrogens (tertiary/aromatic N) is 1. The molecule has 3 aliphatic rings. The number of ketones is 1. The van der Waals surface area contributed by atoms with E-state index in [-0.39, 0.29) is 39.1 Å². The van der Waals surface area contributed by atoms with Crippen molar-refractivity contribution < 1.29 is 23.1 Å². The molecule has 2 saturated carbocycles. The number of hydrogen-bond acceptors (Lipinski definition) is 4. The van der Waals surface area contributed by atoms with E-state index in [0.717, 1.165) is 19.3 Å². The fraction of sp³-hybridized carbons (Fsp3) is 0.600. The van der Waals surface area contributed by atoms with Crippen molar-refractivity contribution >= 4 is 45.0 Å². The number of halogens is 2. The average Bonchev–Trinajstić information content (AvgIpc) is 3.34. The van der Waals surface area contributed by atoms with Gasteiger partial charge in [-0.1, -0.05) is 23.2 Å². The Balaban J connectivity index is 1.71. The second kappa shape index (κ2) is 7.22. The Bertz CT molecular complexity index is 961. The van der Waals surface area contributed by atoms with E-state index in [0.29, 0.717) is 12.8 Å². The van der Waals surface area contributed by atoms with Crippen LogP contribution in [0.25, 0.3) is 0 Å². The molecule has 29 heavy (non-hydrogen) atoms. The van der Waals surface area contributed by atoms with Crippen LogP contribution >= 0.6 is 23.2 Å². The summed E-state index contributed by atoms with van der Waals surface area (Å²) < 4.78 is 28.0. The smallest absolute Gasteiger partial charge is 0.307 e. The summed E-state index contributed by atoms with van der Waals surface area (Å²) in [6.45, 7) is 1.84. The van der Waals surface area contributed by atoms with E-state index in [2.05, 4.69) is 0 Å². The van der Waals surface area contributed by atoms with Gasteiger partial charge < -0.3 is 5.11 Å². The van der Waals surface area contributed by atoms with E-state index in [1.807, 2.05) is 0 Å². The van der Waals surface area contributed by atoms with Gasteiger partial charge in [0, 0.05) is 22.5 Å². The number of sulfonamides is 1. The van der Waals surface area contributed by atoms with Crippen molar-refractivity contribution in [3.8, 4) is 0 Å². The molecule has 5 atom stereocenters. The van der Waals surface area contributed by atoms with Crippen LogP contribution in [0.15, 0.2) is 23.1 Å². The number of fused-ring (bicyclic) bond motifs is 2. The Morgan fingerprint density at radius 2 is 1.69 bits per heavy atom. The van der Waals surface area contributed by atoms with Crippen molar-refractivity contribution in [3.05, 3.63) is 28.2 Å². The average molecular weight is 460 g/mol. The van der Waals surface area contributed by atoms with E-state index in [4.69, 9.17) is 23.2 Å². The monoisotopic (exact) mass is 459 g/mol. The number of Topliss-reactive ketones (excluding diaryl/α,β-unsaturated/α-hetero) is 1. The van der Waals surface area contributed by atoms with Crippen LogP contribution in [0.1, 0.15) is 39.0 Å². The van der Waals surface area contributed by atoms with Gasteiger partial charge in [0.05, 0.1) is 16.4 Å². The molecule has 2 bridgehead atoms. The number of carbonyl (C=O) groups excluding carboxylic acids is 1. The maximum absolute atomic E-state index is 13.7.